The molecule has 3 aromatic carbocycles. The molecule has 2 heterocycles. The van der Waals surface area contributed by atoms with Crippen molar-refractivity contribution in [2.45, 2.75) is 20.8 Å². The molecule has 39 heavy (non-hydrogen) atoms. The van der Waals surface area contributed by atoms with Crippen molar-refractivity contribution >= 4 is 69.3 Å². The van der Waals surface area contributed by atoms with Crippen LogP contribution in [0.25, 0.3) is 40.0 Å². The Morgan fingerprint density at radius 2 is 1.69 bits per heavy atom. The lowest BCUT2D eigenvalue weighted by molar-refractivity contribution is -0.115. The number of nitrogens with one attached hydrogen (secondary N) is 2. The third-order valence-corrected chi connectivity index (χ3v) is 6.94. The van der Waals surface area contributed by atoms with Gasteiger partial charge in [-0.15, -0.1) is 0 Å². The third-order valence-electron chi connectivity index (χ3n) is 6.00. The lowest BCUT2D eigenvalue weighted by Crippen LogP contribution is -2.32. The number of hydrogen-bond acceptors (Lipinski definition) is 5. The first-order valence-electron chi connectivity index (χ1n) is 12.0. The highest BCUT2D eigenvalue weighted by molar-refractivity contribution is 7.80. The van der Waals surface area contributed by atoms with Gasteiger partial charge in [0.05, 0.1) is 10.7 Å². The van der Waals surface area contributed by atoms with Crippen molar-refractivity contribution in [2.75, 3.05) is 5.32 Å². The van der Waals surface area contributed by atoms with Crippen LogP contribution in [0.5, 0.6) is 0 Å². The van der Waals surface area contributed by atoms with Gasteiger partial charge < -0.3 is 14.2 Å². The smallest absolute Gasteiger partial charge is 0.250 e. The minimum Gasteiger partial charge on any atom is -0.457 e. The second kappa shape index (κ2) is 11.1. The van der Waals surface area contributed by atoms with Crippen molar-refractivity contribution in [3.63, 3.8) is 0 Å². The predicted octanol–water partition coefficient (Wildman–Crippen LogP) is 8.51. The Bertz CT molecular complexity index is 1770. The number of amides is 1. The molecule has 9 heteroatoms. The van der Waals surface area contributed by atoms with Gasteiger partial charge in [-0.3, -0.25) is 10.1 Å². The Morgan fingerprint density at radius 3 is 2.49 bits per heavy atom. The van der Waals surface area contributed by atoms with Gasteiger partial charge in [-0.25, -0.2) is 4.98 Å². The molecule has 2 N–H and O–H groups in total. The summed E-state index contributed by atoms with van der Waals surface area (Å²) in [6.45, 7) is 5.94. The van der Waals surface area contributed by atoms with Crippen LogP contribution in [-0.2, 0) is 4.79 Å². The number of aryl methyl sites for hydroxylation is 3. The van der Waals surface area contributed by atoms with E-state index in [4.69, 9.17) is 44.3 Å². The summed E-state index contributed by atoms with van der Waals surface area (Å²) in [7, 11) is 0. The molecule has 5 rings (SSSR count). The summed E-state index contributed by atoms with van der Waals surface area (Å²) in [6, 6.07) is 18.6. The number of anilines is 1. The summed E-state index contributed by atoms with van der Waals surface area (Å²) < 4.78 is 11.8. The van der Waals surface area contributed by atoms with E-state index in [1.165, 1.54) is 6.08 Å². The highest BCUT2D eigenvalue weighted by atomic mass is 35.5. The van der Waals surface area contributed by atoms with Crippen LogP contribution in [0.2, 0.25) is 10.0 Å². The van der Waals surface area contributed by atoms with Gasteiger partial charge in [-0.05, 0) is 98.2 Å². The summed E-state index contributed by atoms with van der Waals surface area (Å²) >= 11 is 17.9. The van der Waals surface area contributed by atoms with Crippen molar-refractivity contribution in [1.82, 2.24) is 10.3 Å². The quantitative estimate of drug-likeness (QED) is 0.161. The molecule has 2 aromatic heterocycles. The monoisotopic (exact) mass is 575 g/mol. The highest BCUT2D eigenvalue weighted by Crippen LogP contribution is 2.32. The molecule has 0 bridgehead atoms. The fourth-order valence-electron chi connectivity index (χ4n) is 4.06. The highest BCUT2D eigenvalue weighted by Gasteiger charge is 2.14. The number of aromatic nitrogens is 1. The van der Waals surface area contributed by atoms with Crippen LogP contribution in [0.1, 0.15) is 22.5 Å². The number of carbonyl (C=O) groups is 1. The largest absolute Gasteiger partial charge is 0.457 e. The molecule has 0 unspecified atom stereocenters. The van der Waals surface area contributed by atoms with Crippen LogP contribution in [0.3, 0.4) is 0 Å². The Labute approximate surface area is 240 Å². The zero-order valence-corrected chi connectivity index (χ0v) is 23.6. The topological polar surface area (TPSA) is 80.3 Å². The molecule has 0 fully saturated rings. The number of thiocarbonyl (C=S) groups is 1. The second-order valence-corrected chi connectivity index (χ2v) is 10.3. The molecule has 0 aliphatic rings. The summed E-state index contributed by atoms with van der Waals surface area (Å²) in [6.07, 6.45) is 2.89. The van der Waals surface area contributed by atoms with Crippen molar-refractivity contribution in [3.8, 4) is 22.8 Å². The molecule has 5 aromatic rings. The van der Waals surface area contributed by atoms with Crippen molar-refractivity contribution in [2.24, 2.45) is 0 Å². The van der Waals surface area contributed by atoms with Gasteiger partial charge in [0.1, 0.15) is 17.0 Å². The standard InChI is InChI=1S/C30H23Cl2N3O3S/c1-16-12-18(3)28-25(13-16)33-29(38-28)20-6-9-22(31)24(15-20)34-30(39)35-27(36)11-8-21-7-10-26(37-21)19-5-4-17(2)23(32)14-19/h4-15H,1-3H3,(H2,34,35,36,39)/b11-8+. The van der Waals surface area contributed by atoms with Crippen LogP contribution >= 0.6 is 35.4 Å². The van der Waals surface area contributed by atoms with Gasteiger partial charge in [-0.2, -0.15) is 0 Å². The number of oxazole rings is 1. The summed E-state index contributed by atoms with van der Waals surface area (Å²) in [5.41, 5.74) is 6.70. The Morgan fingerprint density at radius 1 is 0.897 bits per heavy atom. The van der Waals surface area contributed by atoms with E-state index < -0.39 is 5.91 Å². The number of halogens is 2. The van der Waals surface area contributed by atoms with Crippen LogP contribution in [0.4, 0.5) is 5.69 Å². The molecule has 0 radical (unpaired) electrons. The van der Waals surface area contributed by atoms with Crippen LogP contribution in [0.15, 0.2) is 75.6 Å². The molecule has 6 nitrogen and oxygen atoms in total. The van der Waals surface area contributed by atoms with Gasteiger partial charge in [0.25, 0.3) is 0 Å². The second-order valence-electron chi connectivity index (χ2n) is 9.09. The van der Waals surface area contributed by atoms with Crippen molar-refractivity contribution < 1.29 is 13.6 Å². The fourth-order valence-corrected chi connectivity index (χ4v) is 4.62. The SMILES string of the molecule is Cc1cc(C)c2oc(-c3ccc(Cl)c(NC(=S)NC(=O)/C=C/c4ccc(-c5ccc(C)c(Cl)c5)o4)c3)nc2c1. The maximum absolute atomic E-state index is 12.5. The number of rotatable bonds is 5. The molecule has 0 aliphatic heterocycles. The van der Waals surface area contributed by atoms with Gasteiger partial charge >= 0.3 is 0 Å². The molecule has 0 atom stereocenters. The minimum absolute atomic E-state index is 0.0853. The molecule has 0 saturated carbocycles. The van der Waals surface area contributed by atoms with Gasteiger partial charge in [0.15, 0.2) is 10.7 Å². The van der Waals surface area contributed by atoms with E-state index in [2.05, 4.69) is 15.6 Å². The van der Waals surface area contributed by atoms with E-state index in [-0.39, 0.29) is 5.11 Å². The fraction of sp³-hybridized carbons (Fsp3) is 0.100. The molecule has 0 saturated heterocycles. The molecule has 0 aliphatic carbocycles. The normalized spacial score (nSPS) is 11.3. The Balaban J connectivity index is 1.24. The zero-order chi connectivity index (χ0) is 27.7. The summed E-state index contributed by atoms with van der Waals surface area (Å²) in [5.74, 6) is 1.19. The first kappa shape index (κ1) is 26.7. The van der Waals surface area contributed by atoms with E-state index in [1.54, 1.807) is 24.3 Å². The number of carbonyl (C=O) groups excluding carboxylic acids is 1. The average molecular weight is 577 g/mol. The first-order chi connectivity index (χ1) is 18.7. The number of nitrogens with zero attached hydrogens (tertiary/aromatic N) is 1. The third kappa shape index (κ3) is 6.06. The minimum atomic E-state index is -0.430. The molecule has 1 amide bonds. The average Bonchev–Trinajstić information content (AvgIpc) is 3.53. The Hall–Kier alpha value is -3.91. The summed E-state index contributed by atoms with van der Waals surface area (Å²) in [4.78, 5) is 17.1. The van der Waals surface area contributed by atoms with Crippen LogP contribution in [-0.4, -0.2) is 16.0 Å². The van der Waals surface area contributed by atoms with Crippen LogP contribution < -0.4 is 10.6 Å². The van der Waals surface area contributed by atoms with E-state index in [0.717, 1.165) is 33.4 Å². The number of furan rings is 1. The van der Waals surface area contributed by atoms with Gasteiger partial charge in [-0.1, -0.05) is 41.4 Å². The maximum atomic E-state index is 12.5. The van der Waals surface area contributed by atoms with E-state index in [1.807, 2.05) is 63.2 Å². The lowest BCUT2D eigenvalue weighted by Gasteiger charge is -2.10. The zero-order valence-electron chi connectivity index (χ0n) is 21.3. The predicted molar refractivity (Wildman–Crippen MR) is 161 cm³/mol. The lowest BCUT2D eigenvalue weighted by atomic mass is 10.1. The number of benzene rings is 3. The van der Waals surface area contributed by atoms with Crippen molar-refractivity contribution in [3.05, 3.63) is 99.2 Å². The van der Waals surface area contributed by atoms with Crippen LogP contribution in [0, 0.1) is 20.8 Å². The number of fused-ring (bicyclic) bond motifs is 1. The molecule has 196 valence electrons. The van der Waals surface area contributed by atoms with Crippen molar-refractivity contribution in [1.29, 1.82) is 0 Å². The van der Waals surface area contributed by atoms with Gasteiger partial charge in [0.2, 0.25) is 11.8 Å². The molecular formula is C30H23Cl2N3O3S. The van der Waals surface area contributed by atoms with E-state index >= 15 is 0 Å². The molecular weight excluding hydrogens is 553 g/mol. The summed E-state index contributed by atoms with van der Waals surface area (Å²) in [5, 5.41) is 6.75. The number of hydrogen-bond donors (Lipinski definition) is 2. The van der Waals surface area contributed by atoms with Gasteiger partial charge in [0, 0.05) is 22.2 Å². The van der Waals surface area contributed by atoms with E-state index in [9.17, 15) is 4.79 Å². The molecule has 0 spiro atoms. The maximum Gasteiger partial charge on any atom is 0.250 e. The first-order valence-corrected chi connectivity index (χ1v) is 13.2. The van der Waals surface area contributed by atoms with E-state index in [0.29, 0.717) is 38.7 Å². The Kier molecular flexibility index (Phi) is 7.57.